The molecule has 0 aliphatic heterocycles. The minimum atomic E-state index is -0.342. The summed E-state index contributed by atoms with van der Waals surface area (Å²) in [6.45, 7) is 5.03. The maximum Gasteiger partial charge on any atom is 0.169 e. The van der Waals surface area contributed by atoms with Crippen molar-refractivity contribution in [2.45, 2.75) is 20.4 Å². The van der Waals surface area contributed by atoms with Crippen molar-refractivity contribution in [1.82, 2.24) is 5.48 Å². The van der Waals surface area contributed by atoms with E-state index in [4.69, 9.17) is 9.57 Å². The van der Waals surface area contributed by atoms with E-state index in [1.807, 2.05) is 13.8 Å². The zero-order valence-corrected chi connectivity index (χ0v) is 9.92. The summed E-state index contributed by atoms with van der Waals surface area (Å²) in [5, 5.41) is 0. The largest absolute Gasteiger partial charge is 0.494 e. The van der Waals surface area contributed by atoms with Gasteiger partial charge < -0.3 is 9.57 Å². The number of hydrogen-bond acceptors (Lipinski definition) is 3. The Morgan fingerprint density at radius 3 is 2.75 bits per heavy atom. The molecule has 0 saturated carbocycles. The van der Waals surface area contributed by atoms with Gasteiger partial charge in [0.25, 0.3) is 0 Å². The van der Waals surface area contributed by atoms with Gasteiger partial charge in [-0.1, -0.05) is 26.0 Å². The number of benzene rings is 1. The third-order valence-electron chi connectivity index (χ3n) is 2.04. The molecular weight excluding hydrogens is 209 g/mol. The SMILES string of the molecule is COc1cccc(CNOCC(C)C)c1F. The van der Waals surface area contributed by atoms with Crippen LogP contribution in [0.4, 0.5) is 4.39 Å². The van der Waals surface area contributed by atoms with Crippen LogP contribution in [-0.2, 0) is 11.4 Å². The molecule has 1 aromatic carbocycles. The first-order chi connectivity index (χ1) is 7.65. The van der Waals surface area contributed by atoms with Crippen molar-refractivity contribution in [3.63, 3.8) is 0 Å². The quantitative estimate of drug-likeness (QED) is 0.598. The van der Waals surface area contributed by atoms with Gasteiger partial charge in [-0.05, 0) is 12.0 Å². The lowest BCUT2D eigenvalue weighted by Gasteiger charge is -2.10. The highest BCUT2D eigenvalue weighted by molar-refractivity contribution is 5.30. The summed E-state index contributed by atoms with van der Waals surface area (Å²) in [5.74, 6) is 0.358. The van der Waals surface area contributed by atoms with Crippen LogP contribution in [0.2, 0.25) is 0 Å². The molecule has 16 heavy (non-hydrogen) atoms. The van der Waals surface area contributed by atoms with Crippen LogP contribution in [0.5, 0.6) is 5.75 Å². The summed E-state index contributed by atoms with van der Waals surface area (Å²) in [6.07, 6.45) is 0. The monoisotopic (exact) mass is 227 g/mol. The number of nitrogens with one attached hydrogen (secondary N) is 1. The highest BCUT2D eigenvalue weighted by atomic mass is 19.1. The van der Waals surface area contributed by atoms with Crippen LogP contribution < -0.4 is 10.2 Å². The van der Waals surface area contributed by atoms with Gasteiger partial charge in [0, 0.05) is 12.1 Å². The molecule has 0 saturated heterocycles. The molecule has 0 aliphatic rings. The summed E-state index contributed by atoms with van der Waals surface area (Å²) < 4.78 is 18.5. The van der Waals surface area contributed by atoms with Gasteiger partial charge >= 0.3 is 0 Å². The molecule has 3 nitrogen and oxygen atoms in total. The third-order valence-corrected chi connectivity index (χ3v) is 2.04. The van der Waals surface area contributed by atoms with Gasteiger partial charge in [0.05, 0.1) is 13.7 Å². The molecular formula is C12H18FNO2. The van der Waals surface area contributed by atoms with E-state index >= 15 is 0 Å². The molecule has 0 aromatic heterocycles. The van der Waals surface area contributed by atoms with Crippen LogP contribution in [0.15, 0.2) is 18.2 Å². The second kappa shape index (κ2) is 6.45. The van der Waals surface area contributed by atoms with Crippen LogP contribution in [0.25, 0.3) is 0 Å². The van der Waals surface area contributed by atoms with E-state index in [0.29, 0.717) is 24.6 Å². The van der Waals surface area contributed by atoms with Gasteiger partial charge in [-0.25, -0.2) is 4.39 Å². The van der Waals surface area contributed by atoms with Crippen LogP contribution in [-0.4, -0.2) is 13.7 Å². The fraction of sp³-hybridized carbons (Fsp3) is 0.500. The average molecular weight is 227 g/mol. The lowest BCUT2D eigenvalue weighted by molar-refractivity contribution is 0.0191. The van der Waals surface area contributed by atoms with E-state index in [9.17, 15) is 4.39 Å². The molecule has 1 aromatic rings. The van der Waals surface area contributed by atoms with Gasteiger partial charge in [0.1, 0.15) is 0 Å². The van der Waals surface area contributed by atoms with Crippen molar-refractivity contribution in [2.24, 2.45) is 5.92 Å². The van der Waals surface area contributed by atoms with E-state index in [2.05, 4.69) is 5.48 Å². The molecule has 0 fully saturated rings. The average Bonchev–Trinajstić information content (AvgIpc) is 2.26. The predicted octanol–water partition coefficient (Wildman–Crippen LogP) is 2.51. The Labute approximate surface area is 95.5 Å². The smallest absolute Gasteiger partial charge is 0.169 e. The van der Waals surface area contributed by atoms with Crippen molar-refractivity contribution >= 4 is 0 Å². The fourth-order valence-electron chi connectivity index (χ4n) is 1.20. The molecule has 1 N–H and O–H groups in total. The molecule has 0 amide bonds. The second-order valence-electron chi connectivity index (χ2n) is 3.96. The van der Waals surface area contributed by atoms with Crippen LogP contribution in [0.1, 0.15) is 19.4 Å². The lowest BCUT2D eigenvalue weighted by atomic mass is 10.2. The zero-order chi connectivity index (χ0) is 12.0. The van der Waals surface area contributed by atoms with Crippen molar-refractivity contribution in [3.8, 4) is 5.75 Å². The molecule has 0 radical (unpaired) electrons. The molecule has 0 heterocycles. The van der Waals surface area contributed by atoms with Crippen LogP contribution in [0, 0.1) is 11.7 Å². The van der Waals surface area contributed by atoms with Crippen molar-refractivity contribution < 1.29 is 14.0 Å². The summed E-state index contributed by atoms with van der Waals surface area (Å²) >= 11 is 0. The molecule has 1 rings (SSSR count). The zero-order valence-electron chi connectivity index (χ0n) is 9.92. The maximum absolute atomic E-state index is 13.6. The first kappa shape index (κ1) is 12.9. The van der Waals surface area contributed by atoms with E-state index in [-0.39, 0.29) is 11.6 Å². The molecule has 0 atom stereocenters. The van der Waals surface area contributed by atoms with E-state index in [1.54, 1.807) is 18.2 Å². The number of rotatable bonds is 6. The fourth-order valence-corrected chi connectivity index (χ4v) is 1.20. The highest BCUT2D eigenvalue weighted by Crippen LogP contribution is 2.19. The summed E-state index contributed by atoms with van der Waals surface area (Å²) in [4.78, 5) is 5.17. The van der Waals surface area contributed by atoms with Crippen LogP contribution >= 0.6 is 0 Å². The number of ether oxygens (including phenoxy) is 1. The van der Waals surface area contributed by atoms with Gasteiger partial charge in [-0.2, -0.15) is 5.48 Å². The summed E-state index contributed by atoms with van der Waals surface area (Å²) in [6, 6.07) is 5.04. The predicted molar refractivity (Wildman–Crippen MR) is 60.6 cm³/mol. The van der Waals surface area contributed by atoms with E-state index < -0.39 is 0 Å². The van der Waals surface area contributed by atoms with Crippen molar-refractivity contribution in [3.05, 3.63) is 29.6 Å². The lowest BCUT2D eigenvalue weighted by Crippen LogP contribution is -2.18. The van der Waals surface area contributed by atoms with Gasteiger partial charge in [-0.3, -0.25) is 0 Å². The van der Waals surface area contributed by atoms with Crippen molar-refractivity contribution in [1.29, 1.82) is 0 Å². The molecule has 0 bridgehead atoms. The molecule has 90 valence electrons. The third kappa shape index (κ3) is 3.79. The Morgan fingerprint density at radius 1 is 1.38 bits per heavy atom. The number of halogens is 1. The Bertz CT molecular complexity index is 329. The standard InChI is InChI=1S/C12H18FNO2/c1-9(2)8-16-14-7-10-5-4-6-11(15-3)12(10)13/h4-6,9,14H,7-8H2,1-3H3. The van der Waals surface area contributed by atoms with E-state index in [0.717, 1.165) is 0 Å². The molecule has 0 unspecified atom stereocenters. The highest BCUT2D eigenvalue weighted by Gasteiger charge is 2.07. The minimum absolute atomic E-state index is 0.253. The van der Waals surface area contributed by atoms with Gasteiger partial charge in [-0.15, -0.1) is 0 Å². The van der Waals surface area contributed by atoms with E-state index in [1.165, 1.54) is 7.11 Å². The first-order valence-electron chi connectivity index (χ1n) is 5.31. The topological polar surface area (TPSA) is 30.5 Å². The van der Waals surface area contributed by atoms with Crippen LogP contribution in [0.3, 0.4) is 0 Å². The molecule has 0 aliphatic carbocycles. The first-order valence-corrected chi connectivity index (χ1v) is 5.31. The molecule has 4 heteroatoms. The Hall–Kier alpha value is -1.13. The number of hydroxylamine groups is 1. The molecule has 0 spiro atoms. The van der Waals surface area contributed by atoms with Gasteiger partial charge in [0.15, 0.2) is 11.6 Å². The Balaban J connectivity index is 2.47. The second-order valence-corrected chi connectivity index (χ2v) is 3.96. The van der Waals surface area contributed by atoms with Crippen molar-refractivity contribution in [2.75, 3.05) is 13.7 Å². The van der Waals surface area contributed by atoms with Gasteiger partial charge in [0.2, 0.25) is 0 Å². The number of methoxy groups -OCH3 is 1. The normalized spacial score (nSPS) is 10.8. The Kier molecular flexibility index (Phi) is 5.22. The summed E-state index contributed by atoms with van der Waals surface area (Å²) in [5.41, 5.74) is 3.26. The number of hydrogen-bond donors (Lipinski definition) is 1. The Morgan fingerprint density at radius 2 is 2.12 bits per heavy atom. The minimum Gasteiger partial charge on any atom is -0.494 e. The maximum atomic E-state index is 13.6. The summed E-state index contributed by atoms with van der Waals surface area (Å²) in [7, 11) is 1.45.